The number of hydrogen-bond donors (Lipinski definition) is 4. The molecule has 0 aliphatic carbocycles. The van der Waals surface area contributed by atoms with Gasteiger partial charge in [0.1, 0.15) is 24.1 Å². The van der Waals surface area contributed by atoms with E-state index in [1.807, 2.05) is 6.08 Å². The zero-order valence-electron chi connectivity index (χ0n) is 13.0. The molecule has 128 valence electrons. The predicted octanol–water partition coefficient (Wildman–Crippen LogP) is -0.360. The number of hydrogen-bond acceptors (Lipinski definition) is 7. The number of nitrogens with zero attached hydrogens (tertiary/aromatic N) is 2. The minimum Gasteiger partial charge on any atom is -0.394 e. The Morgan fingerprint density at radius 1 is 1.43 bits per heavy atom. The second kappa shape index (κ2) is 7.69. The van der Waals surface area contributed by atoms with Crippen molar-refractivity contribution >= 4 is 11.9 Å². The van der Waals surface area contributed by atoms with E-state index in [0.717, 1.165) is 23.8 Å². The van der Waals surface area contributed by atoms with Crippen LogP contribution in [0.2, 0.25) is 0 Å². The first-order valence-electron chi connectivity index (χ1n) is 7.67. The van der Waals surface area contributed by atoms with Crippen LogP contribution in [0.3, 0.4) is 0 Å². The molecule has 1 fully saturated rings. The minimum absolute atomic E-state index is 0.0886. The molecule has 0 spiro atoms. The number of anilines is 1. The molecule has 1 aromatic rings. The molecular weight excluding hydrogens is 302 g/mol. The van der Waals surface area contributed by atoms with Gasteiger partial charge in [0.15, 0.2) is 6.23 Å². The van der Waals surface area contributed by atoms with Crippen molar-refractivity contribution in [2.24, 2.45) is 0 Å². The Morgan fingerprint density at radius 2 is 2.17 bits per heavy atom. The molecule has 0 saturated carbocycles. The standard InChI is InChI=1S/C15H23N3O5/c1-2-3-4-5-6-9-7-18(15(22)17-13(9)16)14-12(21)11(20)10(8-19)23-14/h5-7,10-12,14,19-21H,2-4,8H2,1H3,(H2,16,17,22)/t10-,11-,12+,14-/m1/s1. The monoisotopic (exact) mass is 325 g/mol. The zero-order valence-corrected chi connectivity index (χ0v) is 13.0. The van der Waals surface area contributed by atoms with Gasteiger partial charge in [-0.05, 0) is 6.42 Å². The van der Waals surface area contributed by atoms with Gasteiger partial charge in [-0.2, -0.15) is 4.98 Å². The molecule has 4 atom stereocenters. The van der Waals surface area contributed by atoms with Crippen molar-refractivity contribution in [2.75, 3.05) is 12.3 Å². The predicted molar refractivity (Wildman–Crippen MR) is 84.5 cm³/mol. The van der Waals surface area contributed by atoms with Crippen LogP contribution < -0.4 is 11.4 Å². The van der Waals surface area contributed by atoms with E-state index in [2.05, 4.69) is 11.9 Å². The zero-order chi connectivity index (χ0) is 17.0. The fraction of sp³-hybridized carbons (Fsp3) is 0.600. The summed E-state index contributed by atoms with van der Waals surface area (Å²) in [6.45, 7) is 1.63. The highest BCUT2D eigenvalue weighted by Crippen LogP contribution is 2.28. The van der Waals surface area contributed by atoms with Crippen LogP contribution in [-0.4, -0.2) is 49.8 Å². The van der Waals surface area contributed by atoms with Gasteiger partial charge in [0, 0.05) is 11.8 Å². The Balaban J connectivity index is 2.29. The average molecular weight is 325 g/mol. The van der Waals surface area contributed by atoms with Gasteiger partial charge in [-0.15, -0.1) is 0 Å². The van der Waals surface area contributed by atoms with E-state index in [4.69, 9.17) is 15.6 Å². The van der Waals surface area contributed by atoms with Crippen LogP contribution in [0.1, 0.15) is 38.0 Å². The van der Waals surface area contributed by atoms with E-state index >= 15 is 0 Å². The maximum absolute atomic E-state index is 12.0. The molecule has 0 bridgehead atoms. The average Bonchev–Trinajstić information content (AvgIpc) is 2.81. The number of aliphatic hydroxyl groups is 3. The van der Waals surface area contributed by atoms with E-state index in [1.165, 1.54) is 6.20 Å². The number of rotatable bonds is 6. The summed E-state index contributed by atoms with van der Waals surface area (Å²) in [6.07, 6.45) is 3.42. The van der Waals surface area contributed by atoms with Gasteiger partial charge < -0.3 is 25.8 Å². The van der Waals surface area contributed by atoms with E-state index < -0.39 is 36.8 Å². The summed E-state index contributed by atoms with van der Waals surface area (Å²) in [7, 11) is 0. The molecule has 1 saturated heterocycles. The highest BCUT2D eigenvalue weighted by Gasteiger charge is 2.43. The van der Waals surface area contributed by atoms with Gasteiger partial charge in [-0.25, -0.2) is 4.79 Å². The molecule has 0 amide bonds. The highest BCUT2D eigenvalue weighted by molar-refractivity contribution is 5.59. The number of aliphatic hydroxyl groups excluding tert-OH is 3. The van der Waals surface area contributed by atoms with Gasteiger partial charge in [-0.3, -0.25) is 4.57 Å². The first kappa shape index (κ1) is 17.6. The molecule has 23 heavy (non-hydrogen) atoms. The van der Waals surface area contributed by atoms with Crippen LogP contribution in [0.4, 0.5) is 5.82 Å². The highest BCUT2D eigenvalue weighted by atomic mass is 16.6. The first-order chi connectivity index (χ1) is 11.0. The third-order valence-corrected chi connectivity index (χ3v) is 3.82. The number of unbranched alkanes of at least 4 members (excludes halogenated alkanes) is 2. The molecule has 0 aromatic carbocycles. The second-order valence-electron chi connectivity index (χ2n) is 5.54. The lowest BCUT2D eigenvalue weighted by Crippen LogP contribution is -2.36. The Kier molecular flexibility index (Phi) is 5.89. The van der Waals surface area contributed by atoms with Crippen LogP contribution in [0.15, 0.2) is 17.1 Å². The van der Waals surface area contributed by atoms with E-state index in [9.17, 15) is 15.0 Å². The molecule has 2 rings (SSSR count). The van der Waals surface area contributed by atoms with Gasteiger partial charge >= 0.3 is 5.69 Å². The van der Waals surface area contributed by atoms with Crippen LogP contribution in [0.25, 0.3) is 6.08 Å². The summed E-state index contributed by atoms with van der Waals surface area (Å²) in [4.78, 5) is 15.7. The quantitative estimate of drug-likeness (QED) is 0.525. The van der Waals surface area contributed by atoms with E-state index in [1.54, 1.807) is 6.08 Å². The Morgan fingerprint density at radius 3 is 2.78 bits per heavy atom. The summed E-state index contributed by atoms with van der Waals surface area (Å²) < 4.78 is 6.43. The molecule has 0 unspecified atom stereocenters. The summed E-state index contributed by atoms with van der Waals surface area (Å²) in [5, 5.41) is 28.9. The van der Waals surface area contributed by atoms with Gasteiger partial charge in [0.2, 0.25) is 0 Å². The molecule has 0 radical (unpaired) electrons. The molecule has 5 N–H and O–H groups in total. The largest absolute Gasteiger partial charge is 0.394 e. The van der Waals surface area contributed by atoms with Crippen LogP contribution >= 0.6 is 0 Å². The summed E-state index contributed by atoms with van der Waals surface area (Å²) in [5.41, 5.74) is 5.59. The molecular formula is C15H23N3O5. The maximum atomic E-state index is 12.0. The fourth-order valence-corrected chi connectivity index (χ4v) is 2.45. The van der Waals surface area contributed by atoms with Crippen molar-refractivity contribution < 1.29 is 20.1 Å². The lowest BCUT2D eigenvalue weighted by Gasteiger charge is -2.18. The normalized spacial score (nSPS) is 27.8. The molecule has 8 nitrogen and oxygen atoms in total. The fourth-order valence-electron chi connectivity index (χ4n) is 2.45. The van der Waals surface area contributed by atoms with Crippen LogP contribution in [0, 0.1) is 0 Å². The minimum atomic E-state index is -1.34. The van der Waals surface area contributed by atoms with Crippen LogP contribution in [0.5, 0.6) is 0 Å². The number of aromatic nitrogens is 2. The van der Waals surface area contributed by atoms with Gasteiger partial charge in [0.25, 0.3) is 0 Å². The van der Waals surface area contributed by atoms with Gasteiger partial charge in [0.05, 0.1) is 6.61 Å². The van der Waals surface area contributed by atoms with E-state index in [0.29, 0.717) is 5.56 Å². The smallest absolute Gasteiger partial charge is 0.351 e. The summed E-state index contributed by atoms with van der Waals surface area (Å²) in [6, 6.07) is 0. The summed E-state index contributed by atoms with van der Waals surface area (Å²) in [5.74, 6) is 0.0886. The van der Waals surface area contributed by atoms with Crippen molar-refractivity contribution in [1.29, 1.82) is 0 Å². The topological polar surface area (TPSA) is 131 Å². The lowest BCUT2D eigenvalue weighted by atomic mass is 10.1. The summed E-state index contributed by atoms with van der Waals surface area (Å²) >= 11 is 0. The molecule has 1 aromatic heterocycles. The molecule has 1 aliphatic rings. The van der Waals surface area contributed by atoms with Crippen molar-refractivity contribution in [1.82, 2.24) is 9.55 Å². The number of ether oxygens (including phenoxy) is 1. The number of nitrogens with two attached hydrogens (primary N) is 1. The third-order valence-electron chi connectivity index (χ3n) is 3.82. The van der Waals surface area contributed by atoms with E-state index in [-0.39, 0.29) is 5.82 Å². The Labute approximate surface area is 133 Å². The van der Waals surface area contributed by atoms with Crippen molar-refractivity contribution in [2.45, 2.75) is 50.7 Å². The Hall–Kier alpha value is -1.74. The number of allylic oxidation sites excluding steroid dienone is 1. The maximum Gasteiger partial charge on any atom is 0.351 e. The lowest BCUT2D eigenvalue weighted by molar-refractivity contribution is -0.0549. The first-order valence-corrected chi connectivity index (χ1v) is 7.67. The SMILES string of the molecule is CCCCC=Cc1cn([C@@H]2O[C@H](CO)[C@@H](O)[C@@H]2O)c(=O)nc1N. The molecule has 1 aliphatic heterocycles. The third kappa shape index (κ3) is 3.78. The molecule has 2 heterocycles. The van der Waals surface area contributed by atoms with Crippen molar-refractivity contribution in [3.8, 4) is 0 Å². The van der Waals surface area contributed by atoms with Crippen molar-refractivity contribution in [3.05, 3.63) is 28.3 Å². The van der Waals surface area contributed by atoms with Crippen molar-refractivity contribution in [3.63, 3.8) is 0 Å². The second-order valence-corrected chi connectivity index (χ2v) is 5.54. The Bertz CT molecular complexity index is 616. The molecule has 8 heteroatoms. The van der Waals surface area contributed by atoms with Crippen LogP contribution in [-0.2, 0) is 4.74 Å². The number of nitrogen functional groups attached to an aromatic ring is 1. The van der Waals surface area contributed by atoms with Gasteiger partial charge in [-0.1, -0.05) is 31.9 Å².